The summed E-state index contributed by atoms with van der Waals surface area (Å²) in [6.45, 7) is 0. The van der Waals surface area contributed by atoms with Crippen molar-refractivity contribution in [2.45, 2.75) is 0 Å². The zero-order valence-corrected chi connectivity index (χ0v) is 22.3. The molecule has 0 spiro atoms. The summed E-state index contributed by atoms with van der Waals surface area (Å²) in [6.07, 6.45) is 1.79. The van der Waals surface area contributed by atoms with E-state index in [1.165, 1.54) is 74.7 Å². The van der Waals surface area contributed by atoms with Gasteiger partial charge in [0.25, 0.3) is 0 Å². The second-order valence-corrected chi connectivity index (χ2v) is 11.5. The summed E-state index contributed by atoms with van der Waals surface area (Å²) in [5.74, 6) is 0. The molecule has 0 aliphatic heterocycles. The Morgan fingerprint density at radius 1 is 0.425 bits per heavy atom. The smallest absolute Gasteiger partial charge is 0.151 e. The minimum Gasteiger partial charge on any atom is -0.463 e. The summed E-state index contributed by atoms with van der Waals surface area (Å²) >= 11 is 1.82. The molecule has 9 aromatic rings. The minimum absolute atomic E-state index is 0.982. The molecule has 2 aromatic heterocycles. The molecule has 1 nitrogen and oxygen atoms in total. The van der Waals surface area contributed by atoms with Crippen LogP contribution in [-0.2, 0) is 0 Å². The lowest BCUT2D eigenvalue weighted by Gasteiger charge is -2.18. The molecule has 0 atom stereocenters. The zero-order chi connectivity index (χ0) is 26.2. The molecule has 2 heteroatoms. The quantitative estimate of drug-likeness (QED) is 0.204. The number of benzene rings is 7. The van der Waals surface area contributed by atoms with Gasteiger partial charge in [-0.3, -0.25) is 0 Å². The Morgan fingerprint density at radius 3 is 1.73 bits per heavy atom. The Balaban J connectivity index is 1.36. The van der Waals surface area contributed by atoms with Gasteiger partial charge in [0.2, 0.25) is 0 Å². The van der Waals surface area contributed by atoms with E-state index in [-0.39, 0.29) is 0 Å². The summed E-state index contributed by atoms with van der Waals surface area (Å²) < 4.78 is 8.38. The topological polar surface area (TPSA) is 13.1 Å². The van der Waals surface area contributed by atoms with E-state index in [0.29, 0.717) is 0 Å². The van der Waals surface area contributed by atoms with Crippen LogP contribution < -0.4 is 0 Å². The molecule has 0 saturated heterocycles. The van der Waals surface area contributed by atoms with Gasteiger partial charge in [0, 0.05) is 20.9 Å². The van der Waals surface area contributed by atoms with Crippen LogP contribution in [0.4, 0.5) is 0 Å². The van der Waals surface area contributed by atoms with Crippen molar-refractivity contribution in [2.24, 2.45) is 0 Å². The first-order valence-corrected chi connectivity index (χ1v) is 14.4. The molecule has 7 aromatic carbocycles. The van der Waals surface area contributed by atoms with Gasteiger partial charge in [-0.25, -0.2) is 0 Å². The van der Waals surface area contributed by atoms with Crippen molar-refractivity contribution in [3.05, 3.63) is 134 Å². The second kappa shape index (κ2) is 8.29. The Morgan fingerprint density at radius 2 is 1.00 bits per heavy atom. The largest absolute Gasteiger partial charge is 0.463 e. The van der Waals surface area contributed by atoms with Crippen LogP contribution in [0.2, 0.25) is 0 Å². The van der Waals surface area contributed by atoms with Crippen LogP contribution in [0.5, 0.6) is 0 Å². The van der Waals surface area contributed by atoms with Crippen LogP contribution in [0.25, 0.3) is 85.7 Å². The first-order chi connectivity index (χ1) is 19.8. The molecule has 0 amide bonds. The van der Waals surface area contributed by atoms with E-state index >= 15 is 0 Å². The predicted molar refractivity (Wildman–Crippen MR) is 172 cm³/mol. The fraction of sp³-hybridized carbons (Fsp3) is 0. The van der Waals surface area contributed by atoms with Crippen molar-refractivity contribution in [2.75, 3.05) is 0 Å². The van der Waals surface area contributed by atoms with E-state index in [9.17, 15) is 0 Å². The molecule has 0 unspecified atom stereocenters. The normalized spacial score (nSPS) is 12.0. The first kappa shape index (κ1) is 22.0. The van der Waals surface area contributed by atoms with Crippen molar-refractivity contribution >= 4 is 74.8 Å². The van der Waals surface area contributed by atoms with E-state index in [2.05, 4.69) is 121 Å². The fourth-order valence-corrected chi connectivity index (χ4v) is 7.75. The lowest BCUT2D eigenvalue weighted by molar-refractivity contribution is 0.619. The summed E-state index contributed by atoms with van der Waals surface area (Å²) in [4.78, 5) is 0. The van der Waals surface area contributed by atoms with Crippen molar-refractivity contribution in [3.63, 3.8) is 0 Å². The summed E-state index contributed by atoms with van der Waals surface area (Å²) in [5, 5.41) is 11.3. The highest BCUT2D eigenvalue weighted by Gasteiger charge is 2.18. The maximum absolute atomic E-state index is 5.88. The van der Waals surface area contributed by atoms with Gasteiger partial charge in [0.1, 0.15) is 0 Å². The van der Waals surface area contributed by atoms with Crippen LogP contribution in [0.15, 0.2) is 138 Å². The Hall–Kier alpha value is -4.92. The third-order valence-electron chi connectivity index (χ3n) is 8.32. The van der Waals surface area contributed by atoms with E-state index < -0.39 is 0 Å². The summed E-state index contributed by atoms with van der Waals surface area (Å²) in [5.41, 5.74) is 6.06. The summed E-state index contributed by atoms with van der Waals surface area (Å²) in [6, 6.07) is 46.6. The highest BCUT2D eigenvalue weighted by molar-refractivity contribution is 7.26. The molecule has 0 N–H and O–H groups in total. The third-order valence-corrected chi connectivity index (χ3v) is 9.49. The van der Waals surface area contributed by atoms with Gasteiger partial charge in [-0.15, -0.1) is 11.3 Å². The molecule has 40 heavy (non-hydrogen) atoms. The molecule has 2 heterocycles. The number of fused-ring (bicyclic) bond motifs is 8. The molecule has 0 radical (unpaired) electrons. The Labute approximate surface area is 234 Å². The van der Waals surface area contributed by atoms with Gasteiger partial charge in [0.15, 0.2) is 5.58 Å². The van der Waals surface area contributed by atoms with Crippen LogP contribution in [0, 0.1) is 0 Å². The van der Waals surface area contributed by atoms with Crippen molar-refractivity contribution in [1.29, 1.82) is 0 Å². The van der Waals surface area contributed by atoms with Gasteiger partial charge in [-0.05, 0) is 72.8 Å². The lowest BCUT2D eigenvalue weighted by atomic mass is 9.85. The van der Waals surface area contributed by atoms with Crippen LogP contribution in [0.1, 0.15) is 0 Å². The van der Waals surface area contributed by atoms with Crippen LogP contribution in [-0.4, -0.2) is 0 Å². The van der Waals surface area contributed by atoms with Crippen molar-refractivity contribution < 1.29 is 4.42 Å². The lowest BCUT2D eigenvalue weighted by Crippen LogP contribution is -1.90. The number of thiophene rings is 1. The fourth-order valence-electron chi connectivity index (χ4n) is 6.51. The van der Waals surface area contributed by atoms with Gasteiger partial charge in [-0.2, -0.15) is 0 Å². The monoisotopic (exact) mass is 526 g/mol. The van der Waals surface area contributed by atoms with E-state index in [1.54, 1.807) is 6.26 Å². The van der Waals surface area contributed by atoms with Crippen molar-refractivity contribution in [3.8, 4) is 22.3 Å². The molecule has 9 rings (SSSR count). The molecular weight excluding hydrogens is 504 g/mol. The van der Waals surface area contributed by atoms with Gasteiger partial charge in [0.05, 0.1) is 11.0 Å². The maximum Gasteiger partial charge on any atom is 0.151 e. The number of furan rings is 1. The molecule has 0 aliphatic carbocycles. The van der Waals surface area contributed by atoms with E-state index in [1.807, 2.05) is 17.4 Å². The van der Waals surface area contributed by atoms with Gasteiger partial charge in [-0.1, -0.05) is 109 Å². The minimum atomic E-state index is 0.982. The zero-order valence-electron chi connectivity index (χ0n) is 21.5. The second-order valence-electron chi connectivity index (χ2n) is 10.5. The average molecular weight is 527 g/mol. The number of rotatable bonds is 2. The van der Waals surface area contributed by atoms with Gasteiger partial charge >= 0.3 is 0 Å². The average Bonchev–Trinajstić information content (AvgIpc) is 3.64. The molecule has 0 saturated carbocycles. The Bertz CT molecular complexity index is 2380. The van der Waals surface area contributed by atoms with Crippen LogP contribution in [0.3, 0.4) is 0 Å². The highest BCUT2D eigenvalue weighted by atomic mass is 32.1. The Kier molecular flexibility index (Phi) is 4.55. The molecule has 186 valence electrons. The SMILES string of the molecule is c1ccc2cc(-c3c4ccccc4c(-c4ccc5c(c4)sc4c5ccc5ccoc54)c4ccccc34)ccc2c1. The standard InChI is InChI=1S/C38H22OS/c1-2-8-25-21-26(14-13-23(25)7-1)35-29-9-3-5-11-31(29)36(32-12-6-4-10-30(32)35)27-16-17-28-33-18-15-24-19-20-39-37(24)38(33)40-34(28)22-27/h1-22H. The van der Waals surface area contributed by atoms with Crippen molar-refractivity contribution in [1.82, 2.24) is 0 Å². The molecule has 0 bridgehead atoms. The molecule has 0 aliphatic rings. The van der Waals surface area contributed by atoms with Crippen LogP contribution >= 0.6 is 11.3 Å². The number of hydrogen-bond acceptors (Lipinski definition) is 2. The van der Waals surface area contributed by atoms with E-state index in [4.69, 9.17) is 4.42 Å². The predicted octanol–water partition coefficient (Wildman–Crippen LogP) is 11.6. The molecular formula is C38H22OS. The molecule has 0 fully saturated rings. The summed E-state index contributed by atoms with van der Waals surface area (Å²) in [7, 11) is 0. The first-order valence-electron chi connectivity index (χ1n) is 13.6. The third kappa shape index (κ3) is 3.08. The maximum atomic E-state index is 5.88. The number of hydrogen-bond donors (Lipinski definition) is 0. The highest BCUT2D eigenvalue weighted by Crippen LogP contribution is 2.46. The van der Waals surface area contributed by atoms with Gasteiger partial charge < -0.3 is 4.42 Å². The van der Waals surface area contributed by atoms with E-state index in [0.717, 1.165) is 11.0 Å².